The second-order valence-corrected chi connectivity index (χ2v) is 5.44. The first kappa shape index (κ1) is 29.2. The standard InChI is InChI=1S/C19H32N2O.2C2H6/c1-7-11-17(12-8-2)15-20(5)13-14-21(6)16-18(9-3)19(22)10-4;2*1-2/h7-12,22H,1,13-16H2,2-6H3;2*1-2H3/b12-8-,17-11+,18-9-,19-10+;;. The number of hydrogen-bond acceptors (Lipinski definition) is 3. The van der Waals surface area contributed by atoms with Crippen molar-refractivity contribution < 1.29 is 5.11 Å². The highest BCUT2D eigenvalue weighted by Crippen LogP contribution is 2.08. The molecule has 3 nitrogen and oxygen atoms in total. The van der Waals surface area contributed by atoms with E-state index in [2.05, 4.69) is 36.6 Å². The van der Waals surface area contributed by atoms with Gasteiger partial charge in [0.2, 0.25) is 0 Å². The van der Waals surface area contributed by atoms with Crippen molar-refractivity contribution in [3.8, 4) is 0 Å². The van der Waals surface area contributed by atoms with Gasteiger partial charge in [-0.2, -0.15) is 0 Å². The SMILES string of the molecule is C=C/C=C(\C=C/C)CN(C)CCN(C)CC(=C/C)/C(O)=C\C.CC.CC. The highest BCUT2D eigenvalue weighted by molar-refractivity contribution is 5.25. The Balaban J connectivity index is -0.00000123. The molecule has 1 N–H and O–H groups in total. The molecule has 0 heterocycles. The van der Waals surface area contributed by atoms with E-state index in [1.165, 1.54) is 5.57 Å². The molecule has 0 aromatic rings. The van der Waals surface area contributed by atoms with E-state index < -0.39 is 0 Å². The van der Waals surface area contributed by atoms with Crippen LogP contribution in [0.3, 0.4) is 0 Å². The minimum absolute atomic E-state index is 0.368. The molecule has 0 aliphatic heterocycles. The van der Waals surface area contributed by atoms with Gasteiger partial charge in [0.15, 0.2) is 0 Å². The molecule has 152 valence electrons. The average Bonchev–Trinajstić information content (AvgIpc) is 2.67. The number of rotatable bonds is 10. The van der Waals surface area contributed by atoms with Gasteiger partial charge in [0.05, 0.1) is 0 Å². The number of aliphatic hydroxyl groups is 1. The zero-order valence-corrected chi connectivity index (χ0v) is 18.8. The van der Waals surface area contributed by atoms with E-state index in [-0.39, 0.29) is 0 Å². The summed E-state index contributed by atoms with van der Waals surface area (Å²) < 4.78 is 0. The Bertz CT molecular complexity index is 435. The van der Waals surface area contributed by atoms with E-state index in [9.17, 15) is 5.11 Å². The van der Waals surface area contributed by atoms with E-state index in [1.807, 2.05) is 72.8 Å². The lowest BCUT2D eigenvalue weighted by Crippen LogP contribution is -2.33. The first-order valence-corrected chi connectivity index (χ1v) is 9.80. The van der Waals surface area contributed by atoms with E-state index in [1.54, 1.807) is 6.08 Å². The van der Waals surface area contributed by atoms with Gasteiger partial charge in [0.25, 0.3) is 0 Å². The molecule has 0 spiro atoms. The zero-order chi connectivity index (χ0) is 21.0. The summed E-state index contributed by atoms with van der Waals surface area (Å²) in [4.78, 5) is 4.51. The highest BCUT2D eigenvalue weighted by Gasteiger charge is 2.07. The van der Waals surface area contributed by atoms with Crippen LogP contribution < -0.4 is 0 Å². The lowest BCUT2D eigenvalue weighted by atomic mass is 10.2. The molecule has 0 aromatic carbocycles. The van der Waals surface area contributed by atoms with Gasteiger partial charge in [-0.1, -0.05) is 64.7 Å². The molecule has 26 heavy (non-hydrogen) atoms. The second-order valence-electron chi connectivity index (χ2n) is 5.44. The topological polar surface area (TPSA) is 26.7 Å². The minimum Gasteiger partial charge on any atom is -0.508 e. The van der Waals surface area contributed by atoms with Gasteiger partial charge in [0.1, 0.15) is 5.76 Å². The molecule has 0 unspecified atom stereocenters. The first-order valence-electron chi connectivity index (χ1n) is 9.80. The fraction of sp³-hybridized carbons (Fsp3) is 0.565. The second kappa shape index (κ2) is 21.5. The third-order valence-corrected chi connectivity index (χ3v) is 3.42. The molecule has 0 aliphatic rings. The zero-order valence-electron chi connectivity index (χ0n) is 18.8. The Hall–Kier alpha value is -1.58. The normalized spacial score (nSPS) is 12.7. The summed E-state index contributed by atoms with van der Waals surface area (Å²) in [6.07, 6.45) is 11.7. The van der Waals surface area contributed by atoms with E-state index in [0.29, 0.717) is 5.76 Å². The number of hydrogen-bond donors (Lipinski definition) is 1. The summed E-state index contributed by atoms with van der Waals surface area (Å²) in [7, 11) is 4.20. The molecular formula is C23H44N2O. The quantitative estimate of drug-likeness (QED) is 0.380. The maximum atomic E-state index is 9.81. The van der Waals surface area contributed by atoms with Gasteiger partial charge < -0.3 is 14.9 Å². The van der Waals surface area contributed by atoms with Crippen LogP contribution in [0.2, 0.25) is 0 Å². The summed E-state index contributed by atoms with van der Waals surface area (Å²) in [5.74, 6) is 0.368. The Morgan fingerprint density at radius 1 is 0.885 bits per heavy atom. The Labute approximate surface area is 164 Å². The predicted molar refractivity (Wildman–Crippen MR) is 121 cm³/mol. The third kappa shape index (κ3) is 15.9. The van der Waals surface area contributed by atoms with Crippen molar-refractivity contribution in [1.82, 2.24) is 9.80 Å². The van der Waals surface area contributed by atoms with Gasteiger partial charge in [-0.05, 0) is 46.5 Å². The van der Waals surface area contributed by atoms with E-state index in [4.69, 9.17) is 0 Å². The lowest BCUT2D eigenvalue weighted by Gasteiger charge is -2.23. The molecule has 0 saturated carbocycles. The molecule has 0 rings (SSSR count). The number of aliphatic hydroxyl groups excluding tert-OH is 1. The molecule has 0 amide bonds. The number of nitrogens with zero attached hydrogens (tertiary/aromatic N) is 2. The third-order valence-electron chi connectivity index (χ3n) is 3.42. The molecule has 0 aromatic heterocycles. The van der Waals surface area contributed by atoms with E-state index in [0.717, 1.165) is 31.8 Å². The maximum absolute atomic E-state index is 9.81. The summed E-state index contributed by atoms with van der Waals surface area (Å²) >= 11 is 0. The summed E-state index contributed by atoms with van der Waals surface area (Å²) in [5.41, 5.74) is 2.22. The van der Waals surface area contributed by atoms with Crippen LogP contribution in [0.1, 0.15) is 48.5 Å². The van der Waals surface area contributed by atoms with Gasteiger partial charge >= 0.3 is 0 Å². The molecule has 0 bridgehead atoms. The molecule has 0 aliphatic carbocycles. The van der Waals surface area contributed by atoms with Crippen LogP contribution in [0.4, 0.5) is 0 Å². The average molecular weight is 365 g/mol. The largest absolute Gasteiger partial charge is 0.508 e. The van der Waals surface area contributed by atoms with Gasteiger partial charge in [-0.25, -0.2) is 0 Å². The first-order chi connectivity index (χ1) is 12.5. The van der Waals surface area contributed by atoms with Gasteiger partial charge in [-0.3, -0.25) is 0 Å². The van der Waals surface area contributed by atoms with Crippen molar-refractivity contribution in [2.45, 2.75) is 48.5 Å². The van der Waals surface area contributed by atoms with E-state index >= 15 is 0 Å². The van der Waals surface area contributed by atoms with Crippen molar-refractivity contribution in [2.24, 2.45) is 0 Å². The van der Waals surface area contributed by atoms with Gasteiger partial charge in [0, 0.05) is 31.8 Å². The van der Waals surface area contributed by atoms with Crippen LogP contribution in [-0.2, 0) is 0 Å². The van der Waals surface area contributed by atoms with Crippen LogP contribution in [-0.4, -0.2) is 55.2 Å². The van der Waals surface area contributed by atoms with Crippen molar-refractivity contribution in [2.75, 3.05) is 40.3 Å². The monoisotopic (exact) mass is 364 g/mol. The van der Waals surface area contributed by atoms with Crippen LogP contribution in [0.15, 0.2) is 59.9 Å². The summed E-state index contributed by atoms with van der Waals surface area (Å²) in [6, 6.07) is 0. The smallest absolute Gasteiger partial charge is 0.115 e. The predicted octanol–water partition coefficient (Wildman–Crippen LogP) is 6.00. The van der Waals surface area contributed by atoms with Crippen molar-refractivity contribution in [3.63, 3.8) is 0 Å². The Kier molecular flexibility index (Phi) is 24.1. The van der Waals surface area contributed by atoms with Crippen LogP contribution in [0.25, 0.3) is 0 Å². The summed E-state index contributed by atoms with van der Waals surface area (Å²) in [5, 5.41) is 9.81. The summed E-state index contributed by atoms with van der Waals surface area (Å²) in [6.45, 7) is 21.2. The van der Waals surface area contributed by atoms with Crippen LogP contribution >= 0.6 is 0 Å². The van der Waals surface area contributed by atoms with Crippen molar-refractivity contribution in [1.29, 1.82) is 0 Å². The van der Waals surface area contributed by atoms with Gasteiger partial charge in [-0.15, -0.1) is 0 Å². The fourth-order valence-corrected chi connectivity index (χ4v) is 2.13. The molecule has 0 radical (unpaired) electrons. The Morgan fingerprint density at radius 3 is 1.77 bits per heavy atom. The van der Waals surface area contributed by atoms with Crippen LogP contribution in [0, 0.1) is 0 Å². The number of likely N-dealkylation sites (N-methyl/N-ethyl adjacent to an activating group) is 2. The van der Waals surface area contributed by atoms with Crippen molar-refractivity contribution >= 4 is 0 Å². The Morgan fingerprint density at radius 2 is 1.38 bits per heavy atom. The number of allylic oxidation sites excluding steroid dienone is 5. The molecule has 0 atom stereocenters. The lowest BCUT2D eigenvalue weighted by molar-refractivity contribution is 0.277. The highest BCUT2D eigenvalue weighted by atomic mass is 16.3. The maximum Gasteiger partial charge on any atom is 0.115 e. The fourth-order valence-electron chi connectivity index (χ4n) is 2.13. The molecule has 0 fully saturated rings. The molecule has 3 heteroatoms. The molecule has 0 saturated heterocycles. The minimum atomic E-state index is 0.368. The molecular weight excluding hydrogens is 320 g/mol. The van der Waals surface area contributed by atoms with Crippen LogP contribution in [0.5, 0.6) is 0 Å². The van der Waals surface area contributed by atoms with Crippen molar-refractivity contribution in [3.05, 3.63) is 59.9 Å².